The van der Waals surface area contributed by atoms with Crippen LogP contribution in [-0.2, 0) is 0 Å². The molecule has 0 atom stereocenters. The SMILES string of the molecule is CCC(C)(C)CNCCCCC(C)(C)C#N. The fraction of sp³-hybridized carbons (Fsp3) is 0.929. The van der Waals surface area contributed by atoms with Crippen molar-refractivity contribution < 1.29 is 0 Å². The molecule has 94 valence electrons. The fourth-order valence-corrected chi connectivity index (χ4v) is 1.42. The van der Waals surface area contributed by atoms with Gasteiger partial charge in [0.15, 0.2) is 0 Å². The van der Waals surface area contributed by atoms with Crippen molar-refractivity contribution in [3.05, 3.63) is 0 Å². The van der Waals surface area contributed by atoms with Gasteiger partial charge >= 0.3 is 0 Å². The van der Waals surface area contributed by atoms with Crippen LogP contribution in [0.25, 0.3) is 0 Å². The van der Waals surface area contributed by atoms with Crippen LogP contribution in [0.1, 0.15) is 60.3 Å². The predicted octanol–water partition coefficient (Wildman–Crippen LogP) is 3.73. The minimum atomic E-state index is -0.150. The number of hydrogen-bond acceptors (Lipinski definition) is 2. The van der Waals surface area contributed by atoms with E-state index in [-0.39, 0.29) is 5.41 Å². The lowest BCUT2D eigenvalue weighted by Gasteiger charge is -2.23. The van der Waals surface area contributed by atoms with Crippen molar-refractivity contribution in [3.63, 3.8) is 0 Å². The first-order valence-corrected chi connectivity index (χ1v) is 6.45. The van der Waals surface area contributed by atoms with Crippen LogP contribution in [0.3, 0.4) is 0 Å². The second kappa shape index (κ2) is 6.91. The van der Waals surface area contributed by atoms with Gasteiger partial charge in [0.25, 0.3) is 0 Å². The van der Waals surface area contributed by atoms with Crippen molar-refractivity contribution in [1.82, 2.24) is 5.32 Å². The maximum absolute atomic E-state index is 8.87. The first kappa shape index (κ1) is 15.4. The molecule has 0 amide bonds. The smallest absolute Gasteiger partial charge is 0.0683 e. The zero-order valence-corrected chi connectivity index (χ0v) is 11.7. The van der Waals surface area contributed by atoms with E-state index in [0.717, 1.165) is 25.9 Å². The van der Waals surface area contributed by atoms with E-state index in [0.29, 0.717) is 5.41 Å². The highest BCUT2D eigenvalue weighted by atomic mass is 14.9. The van der Waals surface area contributed by atoms with E-state index < -0.39 is 0 Å². The molecule has 0 heterocycles. The average molecular weight is 224 g/mol. The van der Waals surface area contributed by atoms with Crippen LogP contribution < -0.4 is 5.32 Å². The molecule has 0 spiro atoms. The molecule has 0 unspecified atom stereocenters. The van der Waals surface area contributed by atoms with Crippen molar-refractivity contribution in [2.45, 2.75) is 60.3 Å². The summed E-state index contributed by atoms with van der Waals surface area (Å²) in [6.45, 7) is 13.0. The Labute approximate surface area is 101 Å². The maximum Gasteiger partial charge on any atom is 0.0683 e. The normalized spacial score (nSPS) is 12.5. The van der Waals surface area contributed by atoms with E-state index in [1.807, 2.05) is 13.8 Å². The molecule has 0 fully saturated rings. The lowest BCUT2D eigenvalue weighted by molar-refractivity contribution is 0.325. The molecule has 0 bridgehead atoms. The summed E-state index contributed by atoms with van der Waals surface area (Å²) >= 11 is 0. The zero-order valence-electron chi connectivity index (χ0n) is 11.7. The Morgan fingerprint density at radius 2 is 1.75 bits per heavy atom. The molecule has 1 N–H and O–H groups in total. The third-order valence-corrected chi connectivity index (χ3v) is 3.27. The molecule has 2 nitrogen and oxygen atoms in total. The Morgan fingerprint density at radius 1 is 1.12 bits per heavy atom. The molecule has 16 heavy (non-hydrogen) atoms. The molecule has 0 aromatic rings. The van der Waals surface area contributed by atoms with Crippen LogP contribution in [-0.4, -0.2) is 13.1 Å². The Balaban J connectivity index is 3.46. The van der Waals surface area contributed by atoms with Crippen molar-refractivity contribution >= 4 is 0 Å². The van der Waals surface area contributed by atoms with Crippen LogP contribution >= 0.6 is 0 Å². The molecule has 0 aliphatic rings. The summed E-state index contributed by atoms with van der Waals surface area (Å²) in [7, 11) is 0. The zero-order chi connectivity index (χ0) is 12.7. The summed E-state index contributed by atoms with van der Waals surface area (Å²) in [5, 5.41) is 12.4. The minimum Gasteiger partial charge on any atom is -0.316 e. The first-order valence-electron chi connectivity index (χ1n) is 6.45. The second-order valence-corrected chi connectivity index (χ2v) is 6.15. The van der Waals surface area contributed by atoms with Gasteiger partial charge in [-0.05, 0) is 45.1 Å². The monoisotopic (exact) mass is 224 g/mol. The molecule has 0 saturated carbocycles. The number of hydrogen-bond donors (Lipinski definition) is 1. The van der Waals surface area contributed by atoms with E-state index in [2.05, 4.69) is 32.2 Å². The van der Waals surface area contributed by atoms with E-state index in [9.17, 15) is 0 Å². The number of nitrogens with zero attached hydrogens (tertiary/aromatic N) is 1. The van der Waals surface area contributed by atoms with E-state index >= 15 is 0 Å². The Morgan fingerprint density at radius 3 is 2.25 bits per heavy atom. The van der Waals surface area contributed by atoms with Gasteiger partial charge in [0.2, 0.25) is 0 Å². The van der Waals surface area contributed by atoms with Gasteiger partial charge in [-0.3, -0.25) is 0 Å². The van der Waals surface area contributed by atoms with Crippen LogP contribution in [0.4, 0.5) is 0 Å². The van der Waals surface area contributed by atoms with Crippen molar-refractivity contribution in [2.24, 2.45) is 10.8 Å². The summed E-state index contributed by atoms with van der Waals surface area (Å²) in [4.78, 5) is 0. The summed E-state index contributed by atoms with van der Waals surface area (Å²) < 4.78 is 0. The average Bonchev–Trinajstić information content (AvgIpc) is 2.23. The molecular weight excluding hydrogens is 196 g/mol. The highest BCUT2D eigenvalue weighted by molar-refractivity contribution is 4.91. The summed E-state index contributed by atoms with van der Waals surface area (Å²) in [5.74, 6) is 0. The van der Waals surface area contributed by atoms with Gasteiger partial charge in [0.1, 0.15) is 0 Å². The van der Waals surface area contributed by atoms with Gasteiger partial charge in [-0.15, -0.1) is 0 Å². The molecule has 0 aliphatic heterocycles. The van der Waals surface area contributed by atoms with Gasteiger partial charge < -0.3 is 5.32 Å². The lowest BCUT2D eigenvalue weighted by atomic mass is 9.89. The third kappa shape index (κ3) is 7.70. The molecule has 0 radical (unpaired) electrons. The highest BCUT2D eigenvalue weighted by Gasteiger charge is 2.16. The fourth-order valence-electron chi connectivity index (χ4n) is 1.42. The van der Waals surface area contributed by atoms with E-state index in [4.69, 9.17) is 5.26 Å². The molecule has 0 aromatic carbocycles. The molecule has 0 rings (SSSR count). The highest BCUT2D eigenvalue weighted by Crippen LogP contribution is 2.21. The quantitative estimate of drug-likeness (QED) is 0.638. The Kier molecular flexibility index (Phi) is 6.67. The summed E-state index contributed by atoms with van der Waals surface area (Å²) in [5.41, 5.74) is 0.259. The van der Waals surface area contributed by atoms with Gasteiger partial charge in [0, 0.05) is 6.54 Å². The lowest BCUT2D eigenvalue weighted by Crippen LogP contribution is -2.29. The van der Waals surface area contributed by atoms with Gasteiger partial charge in [0.05, 0.1) is 11.5 Å². The summed E-state index contributed by atoms with van der Waals surface area (Å²) in [6, 6.07) is 2.35. The van der Waals surface area contributed by atoms with Crippen molar-refractivity contribution in [3.8, 4) is 6.07 Å². The largest absolute Gasteiger partial charge is 0.316 e. The number of nitriles is 1. The molecule has 0 aliphatic carbocycles. The van der Waals surface area contributed by atoms with Crippen molar-refractivity contribution in [2.75, 3.05) is 13.1 Å². The Hall–Kier alpha value is -0.550. The maximum atomic E-state index is 8.87. The molecule has 0 aromatic heterocycles. The van der Waals surface area contributed by atoms with Crippen LogP contribution in [0.2, 0.25) is 0 Å². The number of unbranched alkanes of at least 4 members (excludes halogenated alkanes) is 1. The standard InChI is InChI=1S/C14H28N2/c1-6-13(2,3)12-16-10-8-7-9-14(4,5)11-15/h16H,6-10,12H2,1-5H3. The molecule has 0 saturated heterocycles. The number of nitrogens with one attached hydrogen (secondary N) is 1. The molecule has 2 heteroatoms. The minimum absolute atomic E-state index is 0.150. The second-order valence-electron chi connectivity index (χ2n) is 6.15. The van der Waals surface area contributed by atoms with Gasteiger partial charge in [-0.1, -0.05) is 27.2 Å². The number of rotatable bonds is 8. The third-order valence-electron chi connectivity index (χ3n) is 3.27. The van der Waals surface area contributed by atoms with Gasteiger partial charge in [-0.2, -0.15) is 5.26 Å². The predicted molar refractivity (Wildman–Crippen MR) is 70.2 cm³/mol. The molecular formula is C14H28N2. The van der Waals surface area contributed by atoms with Crippen LogP contribution in [0, 0.1) is 22.2 Å². The van der Waals surface area contributed by atoms with Crippen LogP contribution in [0.5, 0.6) is 0 Å². The summed E-state index contributed by atoms with van der Waals surface area (Å²) in [6.07, 6.45) is 4.52. The van der Waals surface area contributed by atoms with E-state index in [1.54, 1.807) is 0 Å². The van der Waals surface area contributed by atoms with E-state index in [1.165, 1.54) is 12.8 Å². The van der Waals surface area contributed by atoms with Gasteiger partial charge in [-0.25, -0.2) is 0 Å². The van der Waals surface area contributed by atoms with Crippen molar-refractivity contribution in [1.29, 1.82) is 5.26 Å². The van der Waals surface area contributed by atoms with Crippen LogP contribution in [0.15, 0.2) is 0 Å². The first-order chi connectivity index (χ1) is 7.33. The Bertz CT molecular complexity index is 223. The topological polar surface area (TPSA) is 35.8 Å².